The number of fused-ring (bicyclic) bond motifs is 3. The molecule has 1 aromatic rings. The van der Waals surface area contributed by atoms with Crippen LogP contribution in [-0.4, -0.2) is 0 Å². The van der Waals surface area contributed by atoms with Gasteiger partial charge >= 0.3 is 0 Å². The topological polar surface area (TPSA) is 0 Å². The monoisotopic (exact) mass is 192 g/mol. The van der Waals surface area contributed by atoms with E-state index in [0.717, 1.165) is 0 Å². The zero-order valence-corrected chi connectivity index (χ0v) is 8.70. The Morgan fingerprint density at radius 1 is 0.733 bits per heavy atom. The predicted molar refractivity (Wildman–Crippen MR) is 65.3 cm³/mol. The second kappa shape index (κ2) is 3.09. The first-order valence-corrected chi connectivity index (χ1v) is 5.23. The molecule has 0 spiro atoms. The van der Waals surface area contributed by atoms with Gasteiger partial charge in [0.1, 0.15) is 0 Å². The molecule has 2 aliphatic rings. The molecule has 0 saturated heterocycles. The molecule has 72 valence electrons. The van der Waals surface area contributed by atoms with E-state index in [4.69, 9.17) is 0 Å². The largest absolute Gasteiger partial charge is 0.0616 e. The second-order valence-corrected chi connectivity index (χ2v) is 3.96. The van der Waals surface area contributed by atoms with Gasteiger partial charge in [-0.15, -0.1) is 0 Å². The summed E-state index contributed by atoms with van der Waals surface area (Å²) in [7, 11) is 0. The van der Waals surface area contributed by atoms with Crippen LogP contribution >= 0.6 is 0 Å². The fourth-order valence-corrected chi connectivity index (χ4v) is 2.24. The first kappa shape index (κ1) is 8.49. The molecule has 0 heterocycles. The molecule has 2 aliphatic carbocycles. The van der Waals surface area contributed by atoms with Gasteiger partial charge in [-0.2, -0.15) is 0 Å². The quantitative estimate of drug-likeness (QED) is 0.499. The minimum Gasteiger partial charge on any atom is -0.0616 e. The maximum Gasteiger partial charge on any atom is -0.00761 e. The van der Waals surface area contributed by atoms with Gasteiger partial charge in [0, 0.05) is 0 Å². The maximum atomic E-state index is 2.20. The molecule has 0 amide bonds. The van der Waals surface area contributed by atoms with Gasteiger partial charge in [-0.25, -0.2) is 0 Å². The Labute approximate surface area is 89.5 Å². The highest BCUT2D eigenvalue weighted by atomic mass is 14.1. The van der Waals surface area contributed by atoms with Crippen molar-refractivity contribution in [3.63, 3.8) is 0 Å². The molecule has 0 heteroatoms. The summed E-state index contributed by atoms with van der Waals surface area (Å²) in [6.07, 6.45) is 0. The van der Waals surface area contributed by atoms with Gasteiger partial charge in [0.2, 0.25) is 0 Å². The summed E-state index contributed by atoms with van der Waals surface area (Å²) in [5.74, 6) is 0. The molecular formula is C15H12. The number of hydrogen-bond donors (Lipinski definition) is 0. The number of aryl methyl sites for hydroxylation is 1. The first-order chi connectivity index (χ1) is 7.36. The van der Waals surface area contributed by atoms with Crippen molar-refractivity contribution in [1.82, 2.24) is 0 Å². The Morgan fingerprint density at radius 2 is 1.53 bits per heavy atom. The summed E-state index contributed by atoms with van der Waals surface area (Å²) >= 11 is 0. The standard InChI is InChI=1S/C15H12/c1-11-9-10-13-7-4-6-12-5-2-3-8-14(12)15(11)13/h2-10H,1H3. The SMILES string of the molecule is Cc1ccc2cccc3ccccc3c1-2. The van der Waals surface area contributed by atoms with E-state index in [2.05, 4.69) is 61.5 Å². The third kappa shape index (κ3) is 1.22. The van der Waals surface area contributed by atoms with Crippen molar-refractivity contribution in [3.05, 3.63) is 60.2 Å². The fourth-order valence-electron chi connectivity index (χ4n) is 2.24. The van der Waals surface area contributed by atoms with Crippen LogP contribution in [0.25, 0.3) is 21.9 Å². The zero-order valence-electron chi connectivity index (χ0n) is 8.70. The lowest BCUT2D eigenvalue weighted by Crippen LogP contribution is -1.74. The van der Waals surface area contributed by atoms with Crippen molar-refractivity contribution >= 4 is 10.8 Å². The Morgan fingerprint density at radius 3 is 2.47 bits per heavy atom. The summed E-state index contributed by atoms with van der Waals surface area (Å²) < 4.78 is 0. The molecule has 0 aliphatic heterocycles. The smallest absolute Gasteiger partial charge is 0.00761 e. The highest BCUT2D eigenvalue weighted by Gasteiger charge is 2.07. The van der Waals surface area contributed by atoms with Gasteiger partial charge in [0.25, 0.3) is 0 Å². The van der Waals surface area contributed by atoms with Gasteiger partial charge in [-0.3, -0.25) is 0 Å². The summed E-state index contributed by atoms with van der Waals surface area (Å²) in [5, 5.41) is 2.65. The lowest BCUT2D eigenvalue weighted by Gasteiger charge is -2.00. The van der Waals surface area contributed by atoms with E-state index >= 15 is 0 Å². The van der Waals surface area contributed by atoms with Crippen LogP contribution in [0.2, 0.25) is 0 Å². The van der Waals surface area contributed by atoms with Crippen molar-refractivity contribution in [1.29, 1.82) is 0 Å². The van der Waals surface area contributed by atoms with Crippen molar-refractivity contribution < 1.29 is 0 Å². The molecule has 0 radical (unpaired) electrons. The van der Waals surface area contributed by atoms with Crippen molar-refractivity contribution in [2.24, 2.45) is 0 Å². The molecule has 15 heavy (non-hydrogen) atoms. The van der Waals surface area contributed by atoms with Crippen LogP contribution in [0.5, 0.6) is 0 Å². The van der Waals surface area contributed by atoms with Crippen molar-refractivity contribution in [2.45, 2.75) is 6.92 Å². The number of hydrogen-bond acceptors (Lipinski definition) is 0. The van der Waals surface area contributed by atoms with Crippen LogP contribution in [0, 0.1) is 6.92 Å². The minimum atomic E-state index is 1.31. The van der Waals surface area contributed by atoms with Crippen molar-refractivity contribution in [3.8, 4) is 11.1 Å². The molecule has 0 nitrogen and oxygen atoms in total. The molecule has 0 bridgehead atoms. The molecule has 0 unspecified atom stereocenters. The predicted octanol–water partition coefficient (Wildman–Crippen LogP) is 4.25. The average Bonchev–Trinajstić information content (AvgIpc) is 2.52. The minimum absolute atomic E-state index is 1.31. The summed E-state index contributed by atoms with van der Waals surface area (Å²) in [4.78, 5) is 0. The lowest BCUT2D eigenvalue weighted by atomic mass is 10.0. The third-order valence-electron chi connectivity index (χ3n) is 2.98. The van der Waals surface area contributed by atoms with Gasteiger partial charge in [0.05, 0.1) is 0 Å². The second-order valence-electron chi connectivity index (χ2n) is 3.96. The number of rotatable bonds is 0. The van der Waals surface area contributed by atoms with E-state index in [1.54, 1.807) is 0 Å². The fraction of sp³-hybridized carbons (Fsp3) is 0.0667. The van der Waals surface area contributed by atoms with E-state index in [1.807, 2.05) is 0 Å². The van der Waals surface area contributed by atoms with E-state index in [1.165, 1.54) is 27.5 Å². The Kier molecular flexibility index (Phi) is 1.75. The molecule has 1 aromatic carbocycles. The zero-order chi connectivity index (χ0) is 10.3. The van der Waals surface area contributed by atoms with Crippen LogP contribution in [0.3, 0.4) is 0 Å². The molecule has 0 atom stereocenters. The van der Waals surface area contributed by atoms with E-state index < -0.39 is 0 Å². The Bertz CT molecular complexity index is 593. The molecule has 0 fully saturated rings. The van der Waals surface area contributed by atoms with Gasteiger partial charge in [-0.1, -0.05) is 54.6 Å². The van der Waals surface area contributed by atoms with E-state index in [9.17, 15) is 0 Å². The number of benzene rings is 1. The van der Waals surface area contributed by atoms with Gasteiger partial charge < -0.3 is 0 Å². The van der Waals surface area contributed by atoms with Crippen LogP contribution in [-0.2, 0) is 0 Å². The van der Waals surface area contributed by atoms with Crippen molar-refractivity contribution in [2.75, 3.05) is 0 Å². The van der Waals surface area contributed by atoms with E-state index in [0.29, 0.717) is 0 Å². The maximum absolute atomic E-state index is 2.20. The van der Waals surface area contributed by atoms with Crippen LogP contribution in [0.4, 0.5) is 0 Å². The first-order valence-electron chi connectivity index (χ1n) is 5.23. The molecule has 0 aromatic heterocycles. The lowest BCUT2D eigenvalue weighted by molar-refractivity contribution is 1.56. The van der Waals surface area contributed by atoms with Gasteiger partial charge in [0.15, 0.2) is 0 Å². The van der Waals surface area contributed by atoms with Crippen LogP contribution in [0.15, 0.2) is 54.6 Å². The molecular weight excluding hydrogens is 180 g/mol. The van der Waals surface area contributed by atoms with Crippen LogP contribution in [0.1, 0.15) is 5.56 Å². The molecule has 0 N–H and O–H groups in total. The highest BCUT2D eigenvalue weighted by molar-refractivity contribution is 5.98. The van der Waals surface area contributed by atoms with E-state index in [-0.39, 0.29) is 0 Å². The Balaban J connectivity index is 2.57. The Hall–Kier alpha value is -1.82. The highest BCUT2D eigenvalue weighted by Crippen LogP contribution is 2.33. The molecule has 0 saturated carbocycles. The summed E-state index contributed by atoms with van der Waals surface area (Å²) in [5.41, 5.74) is 4.07. The summed E-state index contributed by atoms with van der Waals surface area (Å²) in [6, 6.07) is 19.4. The normalized spacial score (nSPS) is 11.0. The van der Waals surface area contributed by atoms with Crippen LogP contribution < -0.4 is 0 Å². The average molecular weight is 192 g/mol. The third-order valence-corrected chi connectivity index (χ3v) is 2.98. The van der Waals surface area contributed by atoms with Gasteiger partial charge in [-0.05, 0) is 34.4 Å². The summed E-state index contributed by atoms with van der Waals surface area (Å²) in [6.45, 7) is 2.18. The molecule has 3 rings (SSSR count).